The predicted molar refractivity (Wildman–Crippen MR) is 152 cm³/mol. The van der Waals surface area contributed by atoms with E-state index in [1.807, 2.05) is 33.8 Å². The molecule has 0 aromatic heterocycles. The van der Waals surface area contributed by atoms with E-state index >= 15 is 0 Å². The van der Waals surface area contributed by atoms with E-state index in [2.05, 4.69) is 5.32 Å². The maximum absolute atomic E-state index is 14.0. The van der Waals surface area contributed by atoms with E-state index in [9.17, 15) is 18.0 Å². The van der Waals surface area contributed by atoms with Crippen molar-refractivity contribution in [1.82, 2.24) is 10.2 Å². The zero-order valence-electron chi connectivity index (χ0n) is 22.1. The number of benzene rings is 3. The molecule has 9 heteroatoms. The molecule has 3 aromatic rings. The van der Waals surface area contributed by atoms with Gasteiger partial charge < -0.3 is 10.2 Å². The maximum Gasteiger partial charge on any atom is 0.264 e. The molecule has 202 valence electrons. The van der Waals surface area contributed by atoms with Gasteiger partial charge in [-0.05, 0) is 74.2 Å². The summed E-state index contributed by atoms with van der Waals surface area (Å²) in [5.41, 5.74) is 2.84. The maximum atomic E-state index is 14.0. The molecule has 0 heterocycles. The quantitative estimate of drug-likeness (QED) is 0.357. The monoisotopic (exact) mass is 555 g/mol. The van der Waals surface area contributed by atoms with Crippen molar-refractivity contribution in [3.63, 3.8) is 0 Å². The summed E-state index contributed by atoms with van der Waals surface area (Å²) in [7, 11) is -4.10. The van der Waals surface area contributed by atoms with Crippen LogP contribution in [0.25, 0.3) is 0 Å². The summed E-state index contributed by atoms with van der Waals surface area (Å²) < 4.78 is 28.9. The Labute approximate surface area is 230 Å². The lowest BCUT2D eigenvalue weighted by atomic mass is 10.1. The number of sulfonamides is 1. The molecule has 7 nitrogen and oxygen atoms in total. The third kappa shape index (κ3) is 6.74. The number of amides is 2. The van der Waals surface area contributed by atoms with Crippen molar-refractivity contribution in [3.8, 4) is 0 Å². The predicted octanol–water partition coefficient (Wildman–Crippen LogP) is 5.10. The Balaban J connectivity index is 2.09. The minimum atomic E-state index is -4.10. The summed E-state index contributed by atoms with van der Waals surface area (Å²) in [5, 5.41) is 3.35. The largest absolute Gasteiger partial charge is 0.355 e. The molecule has 0 saturated carbocycles. The topological polar surface area (TPSA) is 86.8 Å². The molecule has 3 rings (SSSR count). The van der Waals surface area contributed by atoms with Crippen molar-refractivity contribution in [3.05, 3.63) is 94.5 Å². The van der Waals surface area contributed by atoms with Crippen molar-refractivity contribution >= 4 is 39.1 Å². The van der Waals surface area contributed by atoms with Gasteiger partial charge in [0.05, 0.1) is 10.6 Å². The number of rotatable bonds is 11. The van der Waals surface area contributed by atoms with E-state index in [0.717, 1.165) is 21.0 Å². The molecule has 0 aliphatic heterocycles. The lowest BCUT2D eigenvalue weighted by Crippen LogP contribution is -2.52. The van der Waals surface area contributed by atoms with Gasteiger partial charge in [0.25, 0.3) is 10.0 Å². The number of hydrogen-bond donors (Lipinski definition) is 1. The van der Waals surface area contributed by atoms with E-state index in [1.165, 1.54) is 17.0 Å². The second-order valence-electron chi connectivity index (χ2n) is 9.01. The van der Waals surface area contributed by atoms with Gasteiger partial charge in [-0.15, -0.1) is 0 Å². The number of nitrogens with zero attached hydrogens (tertiary/aromatic N) is 2. The van der Waals surface area contributed by atoms with Gasteiger partial charge in [0.15, 0.2) is 0 Å². The van der Waals surface area contributed by atoms with Crippen LogP contribution in [0.5, 0.6) is 0 Å². The van der Waals surface area contributed by atoms with E-state index in [-0.39, 0.29) is 17.3 Å². The average molecular weight is 556 g/mol. The number of nitrogens with one attached hydrogen (secondary N) is 1. The van der Waals surface area contributed by atoms with Crippen LogP contribution in [0.15, 0.2) is 77.7 Å². The number of halogens is 1. The Kier molecular flexibility index (Phi) is 9.94. The van der Waals surface area contributed by atoms with Crippen LogP contribution in [0.4, 0.5) is 5.69 Å². The highest BCUT2D eigenvalue weighted by Crippen LogP contribution is 2.29. The number of anilines is 1. The first kappa shape index (κ1) is 29.2. The van der Waals surface area contributed by atoms with Crippen LogP contribution in [0.3, 0.4) is 0 Å². The highest BCUT2D eigenvalue weighted by Gasteiger charge is 2.34. The smallest absolute Gasteiger partial charge is 0.264 e. The molecule has 0 spiro atoms. The number of carbonyl (C=O) groups is 2. The second-order valence-corrected chi connectivity index (χ2v) is 11.3. The van der Waals surface area contributed by atoms with Crippen LogP contribution in [0.1, 0.15) is 37.0 Å². The molecule has 0 radical (unpaired) electrons. The molecule has 1 N–H and O–H groups in total. The second kappa shape index (κ2) is 12.9. The zero-order chi connectivity index (χ0) is 27.9. The summed E-state index contributed by atoms with van der Waals surface area (Å²) in [6.45, 7) is 7.43. The number of likely N-dealkylation sites (N-methyl/N-ethyl adjacent to an activating group) is 1. The van der Waals surface area contributed by atoms with E-state index in [1.54, 1.807) is 54.6 Å². The molecule has 1 atom stereocenters. The van der Waals surface area contributed by atoms with Crippen molar-refractivity contribution in [2.24, 2.45) is 0 Å². The number of carbonyl (C=O) groups excluding carboxylic acids is 2. The van der Waals surface area contributed by atoms with Crippen molar-refractivity contribution in [2.75, 3.05) is 17.4 Å². The Bertz CT molecular complexity index is 1360. The Morgan fingerprint density at radius 3 is 2.18 bits per heavy atom. The van der Waals surface area contributed by atoms with Gasteiger partial charge in [-0.25, -0.2) is 8.42 Å². The highest BCUT2D eigenvalue weighted by molar-refractivity contribution is 7.92. The summed E-state index contributed by atoms with van der Waals surface area (Å²) >= 11 is 6.05. The molecule has 38 heavy (non-hydrogen) atoms. The molecule has 0 fully saturated rings. The third-order valence-electron chi connectivity index (χ3n) is 6.46. The standard InChI is InChI=1S/C29H34ClN3O4S/c1-5-26(29(35)31-6-2)32(19-23-15-17-24(30)18-16-23)28(34)20-33(27-14-10-11-21(3)22(27)4)38(36,37)25-12-8-7-9-13-25/h7-18,26H,5-6,19-20H2,1-4H3,(H,31,35)/t26-/m0/s1. The van der Waals surface area contributed by atoms with Gasteiger partial charge in [-0.1, -0.05) is 61.0 Å². The van der Waals surface area contributed by atoms with Gasteiger partial charge in [0.1, 0.15) is 12.6 Å². The minimum Gasteiger partial charge on any atom is -0.355 e. The summed E-state index contributed by atoms with van der Waals surface area (Å²) in [6.07, 6.45) is 0.361. The molecule has 0 aliphatic carbocycles. The first-order chi connectivity index (χ1) is 18.1. The van der Waals surface area contributed by atoms with Gasteiger partial charge in [-0.3, -0.25) is 13.9 Å². The van der Waals surface area contributed by atoms with Gasteiger partial charge in [-0.2, -0.15) is 0 Å². The van der Waals surface area contributed by atoms with Crippen molar-refractivity contribution < 1.29 is 18.0 Å². The molecule has 2 amide bonds. The van der Waals surface area contributed by atoms with Crippen LogP contribution < -0.4 is 9.62 Å². The minimum absolute atomic E-state index is 0.0775. The van der Waals surface area contributed by atoms with Crippen molar-refractivity contribution in [1.29, 1.82) is 0 Å². The van der Waals surface area contributed by atoms with Crippen LogP contribution in [-0.2, 0) is 26.2 Å². The molecule has 0 unspecified atom stereocenters. The Morgan fingerprint density at radius 2 is 1.58 bits per heavy atom. The average Bonchev–Trinajstić information content (AvgIpc) is 2.90. The Hall–Kier alpha value is -3.36. The summed E-state index contributed by atoms with van der Waals surface area (Å²) in [5.74, 6) is -0.778. The first-order valence-corrected chi connectivity index (χ1v) is 14.4. The number of hydrogen-bond acceptors (Lipinski definition) is 4. The Morgan fingerprint density at radius 1 is 0.921 bits per heavy atom. The van der Waals surface area contributed by atoms with E-state index in [4.69, 9.17) is 11.6 Å². The van der Waals surface area contributed by atoms with Crippen LogP contribution in [0.2, 0.25) is 5.02 Å². The van der Waals surface area contributed by atoms with E-state index in [0.29, 0.717) is 23.7 Å². The third-order valence-corrected chi connectivity index (χ3v) is 8.48. The van der Waals surface area contributed by atoms with Crippen molar-refractivity contribution in [2.45, 2.75) is 51.6 Å². The zero-order valence-corrected chi connectivity index (χ0v) is 23.7. The van der Waals surface area contributed by atoms with Crippen LogP contribution >= 0.6 is 11.6 Å². The molecule has 0 aliphatic rings. The van der Waals surface area contributed by atoms with Crippen LogP contribution in [0, 0.1) is 13.8 Å². The summed E-state index contributed by atoms with van der Waals surface area (Å²) in [4.78, 5) is 28.5. The fourth-order valence-electron chi connectivity index (χ4n) is 4.24. The van der Waals surface area contributed by atoms with Crippen LogP contribution in [-0.4, -0.2) is 44.3 Å². The number of aryl methyl sites for hydroxylation is 1. The van der Waals surface area contributed by atoms with E-state index < -0.39 is 28.5 Å². The summed E-state index contributed by atoms with van der Waals surface area (Å²) in [6, 6.07) is 19.6. The fourth-order valence-corrected chi connectivity index (χ4v) is 5.86. The molecule has 0 bridgehead atoms. The lowest BCUT2D eigenvalue weighted by molar-refractivity contribution is -0.140. The SMILES string of the molecule is CCNC(=O)[C@H](CC)N(Cc1ccc(Cl)cc1)C(=O)CN(c1cccc(C)c1C)S(=O)(=O)c1ccccc1. The fraction of sp³-hybridized carbons (Fsp3) is 0.310. The lowest BCUT2D eigenvalue weighted by Gasteiger charge is -2.33. The van der Waals surface area contributed by atoms with Gasteiger partial charge >= 0.3 is 0 Å². The highest BCUT2D eigenvalue weighted by atomic mass is 35.5. The molecule has 3 aromatic carbocycles. The molecular weight excluding hydrogens is 522 g/mol. The first-order valence-electron chi connectivity index (χ1n) is 12.6. The molecular formula is C29H34ClN3O4S. The normalized spacial score (nSPS) is 12.0. The van der Waals surface area contributed by atoms with Gasteiger partial charge in [0, 0.05) is 18.1 Å². The molecule has 0 saturated heterocycles. The van der Waals surface area contributed by atoms with Gasteiger partial charge in [0.2, 0.25) is 11.8 Å².